The molecule has 0 saturated carbocycles. The topological polar surface area (TPSA) is 65.0 Å². The number of hydrogen-bond acceptors (Lipinski definition) is 4. The zero-order valence-electron chi connectivity index (χ0n) is 11.1. The molecule has 0 aliphatic carbocycles. The lowest BCUT2D eigenvalue weighted by molar-refractivity contribution is 0.141. The summed E-state index contributed by atoms with van der Waals surface area (Å²) in [6, 6.07) is 9.76. The highest BCUT2D eigenvalue weighted by Crippen LogP contribution is 2.31. The van der Waals surface area contributed by atoms with Crippen LogP contribution in [0.25, 0.3) is 22.4 Å². The predicted molar refractivity (Wildman–Crippen MR) is 82.6 cm³/mol. The summed E-state index contributed by atoms with van der Waals surface area (Å²) in [6.45, 7) is 1.21. The lowest BCUT2D eigenvalue weighted by Gasteiger charge is -2.36. The Bertz CT molecular complexity index is 777. The number of para-hydroxylation sites is 2. The van der Waals surface area contributed by atoms with Crippen LogP contribution in [0.2, 0.25) is 5.02 Å². The molecule has 2 N–H and O–H groups in total. The monoisotopic (exact) mass is 300 g/mol. The molecule has 3 aromatic rings. The maximum atomic E-state index is 9.40. The van der Waals surface area contributed by atoms with Crippen molar-refractivity contribution in [2.75, 3.05) is 18.0 Å². The van der Waals surface area contributed by atoms with Gasteiger partial charge in [0.2, 0.25) is 0 Å². The van der Waals surface area contributed by atoms with Gasteiger partial charge in [0.05, 0.1) is 22.2 Å². The van der Waals surface area contributed by atoms with Crippen molar-refractivity contribution >= 4 is 28.5 Å². The molecular formula is C15H13ClN4O. The van der Waals surface area contributed by atoms with Gasteiger partial charge in [-0.3, -0.25) is 0 Å². The third-order valence-electron chi connectivity index (χ3n) is 3.67. The molecule has 5 nitrogen and oxygen atoms in total. The summed E-state index contributed by atoms with van der Waals surface area (Å²) in [5.41, 5.74) is 2.70. The number of benzene rings is 1. The number of H-pyrrole nitrogens is 1. The zero-order valence-corrected chi connectivity index (χ0v) is 11.9. The molecule has 1 fully saturated rings. The first-order chi connectivity index (χ1) is 10.2. The van der Waals surface area contributed by atoms with Gasteiger partial charge in [0.25, 0.3) is 0 Å². The van der Waals surface area contributed by atoms with Crippen LogP contribution >= 0.6 is 11.6 Å². The van der Waals surface area contributed by atoms with Crippen LogP contribution in [0.3, 0.4) is 0 Å². The van der Waals surface area contributed by atoms with Crippen molar-refractivity contribution in [3.63, 3.8) is 0 Å². The molecule has 1 aliphatic heterocycles. The van der Waals surface area contributed by atoms with Crippen LogP contribution in [-0.4, -0.2) is 39.3 Å². The first kappa shape index (κ1) is 12.6. The van der Waals surface area contributed by atoms with Gasteiger partial charge >= 0.3 is 0 Å². The highest BCUT2D eigenvalue weighted by Gasteiger charge is 2.26. The number of anilines is 1. The number of imidazole rings is 1. The molecule has 4 rings (SSSR count). The Hall–Kier alpha value is -2.11. The highest BCUT2D eigenvalue weighted by atomic mass is 35.5. The van der Waals surface area contributed by atoms with Crippen LogP contribution in [-0.2, 0) is 0 Å². The first-order valence-corrected chi connectivity index (χ1v) is 7.12. The van der Waals surface area contributed by atoms with Crippen molar-refractivity contribution in [2.45, 2.75) is 6.10 Å². The molecule has 0 unspecified atom stereocenters. The summed E-state index contributed by atoms with van der Waals surface area (Å²) in [5, 5.41) is 9.96. The van der Waals surface area contributed by atoms with E-state index in [2.05, 4.69) is 15.0 Å². The first-order valence-electron chi connectivity index (χ1n) is 6.74. The van der Waals surface area contributed by atoms with Gasteiger partial charge in [-0.25, -0.2) is 9.97 Å². The van der Waals surface area contributed by atoms with Crippen molar-refractivity contribution in [3.8, 4) is 11.4 Å². The summed E-state index contributed by atoms with van der Waals surface area (Å²) < 4.78 is 0. The van der Waals surface area contributed by atoms with Gasteiger partial charge in [-0.15, -0.1) is 0 Å². The van der Waals surface area contributed by atoms with Gasteiger partial charge in [-0.1, -0.05) is 23.7 Å². The van der Waals surface area contributed by atoms with Crippen LogP contribution < -0.4 is 4.90 Å². The number of pyridine rings is 1. The minimum Gasteiger partial charge on any atom is -0.389 e. The molecule has 0 amide bonds. The van der Waals surface area contributed by atoms with Gasteiger partial charge in [-0.2, -0.15) is 0 Å². The fraction of sp³-hybridized carbons (Fsp3) is 0.200. The predicted octanol–water partition coefficient (Wildman–Crippen LogP) is 2.46. The van der Waals surface area contributed by atoms with E-state index >= 15 is 0 Å². The molecule has 0 atom stereocenters. The van der Waals surface area contributed by atoms with Crippen molar-refractivity contribution in [1.82, 2.24) is 15.0 Å². The molecule has 0 bridgehead atoms. The molecular weight excluding hydrogens is 288 g/mol. The largest absolute Gasteiger partial charge is 0.389 e. The maximum Gasteiger partial charge on any atom is 0.140 e. The summed E-state index contributed by atoms with van der Waals surface area (Å²) in [7, 11) is 0. The van der Waals surface area contributed by atoms with E-state index in [9.17, 15) is 5.11 Å². The number of rotatable bonds is 2. The Labute approximate surface area is 126 Å². The number of aliphatic hydroxyl groups is 1. The molecule has 1 aromatic carbocycles. The number of halogens is 1. The molecule has 1 aliphatic rings. The van der Waals surface area contributed by atoms with E-state index in [1.54, 1.807) is 6.20 Å². The molecule has 106 valence electrons. The summed E-state index contributed by atoms with van der Waals surface area (Å²) in [5.74, 6) is 1.53. The van der Waals surface area contributed by atoms with Crippen molar-refractivity contribution < 1.29 is 5.11 Å². The van der Waals surface area contributed by atoms with E-state index in [0.29, 0.717) is 18.1 Å². The molecule has 3 heterocycles. The normalized spacial score (nSPS) is 15.4. The SMILES string of the molecule is OC1CN(c2cc(-c3nc4ccccc4[nH]3)c(Cl)cn2)C1. The van der Waals surface area contributed by atoms with Crippen molar-refractivity contribution in [3.05, 3.63) is 41.6 Å². The van der Waals surface area contributed by atoms with E-state index < -0.39 is 0 Å². The Morgan fingerprint density at radius 3 is 2.86 bits per heavy atom. The Balaban J connectivity index is 1.77. The molecule has 1 saturated heterocycles. The van der Waals surface area contributed by atoms with Gasteiger partial charge in [0, 0.05) is 24.8 Å². The lowest BCUT2D eigenvalue weighted by Crippen LogP contribution is -2.51. The summed E-state index contributed by atoms with van der Waals surface area (Å²) in [6.07, 6.45) is 1.36. The third kappa shape index (κ3) is 2.14. The average Bonchev–Trinajstić information content (AvgIpc) is 2.88. The maximum absolute atomic E-state index is 9.40. The van der Waals surface area contributed by atoms with Gasteiger partial charge in [0.15, 0.2) is 0 Å². The van der Waals surface area contributed by atoms with Crippen LogP contribution in [0.4, 0.5) is 5.82 Å². The fourth-order valence-electron chi connectivity index (χ4n) is 2.50. The van der Waals surface area contributed by atoms with Crippen molar-refractivity contribution in [1.29, 1.82) is 0 Å². The van der Waals surface area contributed by atoms with Crippen LogP contribution in [0.1, 0.15) is 0 Å². The van der Waals surface area contributed by atoms with Crippen LogP contribution in [0, 0.1) is 0 Å². The minimum atomic E-state index is -0.267. The van der Waals surface area contributed by atoms with E-state index in [1.807, 2.05) is 35.2 Å². The second kappa shape index (κ2) is 4.72. The number of fused-ring (bicyclic) bond motifs is 1. The number of nitrogens with one attached hydrogen (secondary N) is 1. The highest BCUT2D eigenvalue weighted by molar-refractivity contribution is 6.33. The molecule has 2 aromatic heterocycles. The number of aliphatic hydroxyl groups excluding tert-OH is 1. The van der Waals surface area contributed by atoms with Crippen LogP contribution in [0.5, 0.6) is 0 Å². The standard InChI is InChI=1S/C15H13ClN4O/c16-11-6-17-14(20-7-9(21)8-20)5-10(11)15-18-12-3-1-2-4-13(12)19-15/h1-6,9,21H,7-8H2,(H,18,19). The number of nitrogens with zero attached hydrogens (tertiary/aromatic N) is 3. The zero-order chi connectivity index (χ0) is 14.4. The minimum absolute atomic E-state index is 0.267. The van der Waals surface area contributed by atoms with Crippen molar-refractivity contribution in [2.24, 2.45) is 0 Å². The second-order valence-corrected chi connectivity index (χ2v) is 5.59. The quantitative estimate of drug-likeness (QED) is 0.763. The van der Waals surface area contributed by atoms with E-state index in [-0.39, 0.29) is 6.10 Å². The van der Waals surface area contributed by atoms with E-state index in [0.717, 1.165) is 28.2 Å². The van der Waals surface area contributed by atoms with Gasteiger partial charge in [-0.05, 0) is 18.2 Å². The Morgan fingerprint density at radius 1 is 1.29 bits per heavy atom. The van der Waals surface area contributed by atoms with Gasteiger partial charge < -0.3 is 15.0 Å². The molecule has 21 heavy (non-hydrogen) atoms. The van der Waals surface area contributed by atoms with Crippen LogP contribution in [0.15, 0.2) is 36.5 Å². The summed E-state index contributed by atoms with van der Waals surface area (Å²) >= 11 is 6.26. The molecule has 0 spiro atoms. The fourth-order valence-corrected chi connectivity index (χ4v) is 2.70. The van der Waals surface area contributed by atoms with E-state index in [4.69, 9.17) is 11.6 Å². The summed E-state index contributed by atoms with van der Waals surface area (Å²) in [4.78, 5) is 14.2. The van der Waals surface area contributed by atoms with E-state index in [1.165, 1.54) is 0 Å². The number of aromatic amines is 1. The number of aromatic nitrogens is 3. The smallest absolute Gasteiger partial charge is 0.140 e. The number of hydrogen-bond donors (Lipinski definition) is 2. The number of β-amino-alcohol motifs (C(OH)–C–C–N with tert-alkyl or cyclic N) is 1. The second-order valence-electron chi connectivity index (χ2n) is 5.18. The Morgan fingerprint density at radius 2 is 2.10 bits per heavy atom. The lowest BCUT2D eigenvalue weighted by atomic mass is 10.1. The molecule has 6 heteroatoms. The van der Waals surface area contributed by atoms with Gasteiger partial charge in [0.1, 0.15) is 11.6 Å². The Kier molecular flexibility index (Phi) is 2.83. The third-order valence-corrected chi connectivity index (χ3v) is 3.97. The molecule has 0 radical (unpaired) electrons. The average molecular weight is 301 g/mol.